The molecule has 1 aliphatic rings. The number of hydrogen-bond donors (Lipinski definition) is 2. The van der Waals surface area contributed by atoms with Gasteiger partial charge in [-0.1, -0.05) is 25.4 Å². The third kappa shape index (κ3) is 2.79. The molecule has 2 rings (SSSR count). The molecule has 1 aliphatic carbocycles. The minimum atomic E-state index is -0.215. The Kier molecular flexibility index (Phi) is 3.43. The zero-order valence-electron chi connectivity index (χ0n) is 10.1. The third-order valence-corrected chi connectivity index (χ3v) is 3.97. The third-order valence-electron chi connectivity index (χ3n) is 3.74. The van der Waals surface area contributed by atoms with Gasteiger partial charge < -0.3 is 0 Å². The first-order chi connectivity index (χ1) is 7.94. The highest BCUT2D eigenvalue weighted by Gasteiger charge is 2.49. The number of nitrogens with two attached hydrogens (primary N) is 1. The van der Waals surface area contributed by atoms with Gasteiger partial charge in [-0.3, -0.25) is 11.3 Å². The fraction of sp³-hybridized carbons (Fsp3) is 0.538. The minimum Gasteiger partial charge on any atom is -0.271 e. The lowest BCUT2D eigenvalue weighted by Crippen LogP contribution is -2.39. The first kappa shape index (κ1) is 12.8. The van der Waals surface area contributed by atoms with E-state index in [0.717, 1.165) is 6.42 Å². The molecule has 1 saturated carbocycles. The van der Waals surface area contributed by atoms with Crippen molar-refractivity contribution in [2.24, 2.45) is 17.2 Å². The second kappa shape index (κ2) is 4.56. The molecular weight excluding hydrogens is 239 g/mol. The standard InChI is InChI=1S/C13H18ClFN2/c1-13(2)7-10(13)12(17-16)6-8-5-9(14)3-4-11(8)15/h3-5,10,12,17H,6-7,16H2,1-2H3. The van der Waals surface area contributed by atoms with Gasteiger partial charge in [-0.2, -0.15) is 0 Å². The van der Waals surface area contributed by atoms with Crippen LogP contribution in [0.3, 0.4) is 0 Å². The van der Waals surface area contributed by atoms with Crippen LogP contribution in [0.1, 0.15) is 25.8 Å². The normalized spacial score (nSPS) is 23.5. The van der Waals surface area contributed by atoms with Crippen LogP contribution in [-0.2, 0) is 6.42 Å². The molecule has 2 atom stereocenters. The number of rotatable bonds is 4. The predicted octanol–water partition coefficient (Wildman–Crippen LogP) is 2.90. The fourth-order valence-electron chi connectivity index (χ4n) is 2.45. The molecule has 0 amide bonds. The Morgan fingerprint density at radius 3 is 2.76 bits per heavy atom. The van der Waals surface area contributed by atoms with Crippen molar-refractivity contribution in [3.05, 3.63) is 34.6 Å². The molecule has 0 radical (unpaired) electrons. The van der Waals surface area contributed by atoms with E-state index >= 15 is 0 Å². The van der Waals surface area contributed by atoms with Crippen LogP contribution in [0.15, 0.2) is 18.2 Å². The maximum atomic E-state index is 13.6. The van der Waals surface area contributed by atoms with Gasteiger partial charge in [0.25, 0.3) is 0 Å². The summed E-state index contributed by atoms with van der Waals surface area (Å²) in [5.41, 5.74) is 3.74. The molecule has 0 aromatic heterocycles. The molecule has 0 saturated heterocycles. The average Bonchev–Trinajstić information content (AvgIpc) is 2.89. The van der Waals surface area contributed by atoms with Crippen LogP contribution in [0.2, 0.25) is 5.02 Å². The van der Waals surface area contributed by atoms with Crippen LogP contribution < -0.4 is 11.3 Å². The molecule has 4 heteroatoms. The van der Waals surface area contributed by atoms with Gasteiger partial charge in [0.05, 0.1) is 0 Å². The molecule has 1 aromatic rings. The molecule has 94 valence electrons. The van der Waals surface area contributed by atoms with Crippen molar-refractivity contribution >= 4 is 11.6 Å². The topological polar surface area (TPSA) is 38.0 Å². The molecule has 0 spiro atoms. The van der Waals surface area contributed by atoms with E-state index in [2.05, 4.69) is 19.3 Å². The lowest BCUT2D eigenvalue weighted by atomic mass is 9.97. The lowest BCUT2D eigenvalue weighted by molar-refractivity contribution is 0.404. The maximum Gasteiger partial charge on any atom is 0.126 e. The van der Waals surface area contributed by atoms with Crippen molar-refractivity contribution in [1.29, 1.82) is 0 Å². The van der Waals surface area contributed by atoms with E-state index in [1.807, 2.05) is 0 Å². The molecule has 2 nitrogen and oxygen atoms in total. The van der Waals surface area contributed by atoms with E-state index in [0.29, 0.717) is 28.3 Å². The number of nitrogens with one attached hydrogen (secondary N) is 1. The zero-order valence-corrected chi connectivity index (χ0v) is 10.9. The van der Waals surface area contributed by atoms with E-state index < -0.39 is 0 Å². The van der Waals surface area contributed by atoms with Gasteiger partial charge in [-0.05, 0) is 47.9 Å². The highest BCUT2D eigenvalue weighted by atomic mass is 35.5. The Morgan fingerprint density at radius 2 is 2.24 bits per heavy atom. The van der Waals surface area contributed by atoms with Crippen LogP contribution in [-0.4, -0.2) is 6.04 Å². The summed E-state index contributed by atoms with van der Waals surface area (Å²) in [6.07, 6.45) is 1.71. The first-order valence-electron chi connectivity index (χ1n) is 5.84. The maximum absolute atomic E-state index is 13.6. The van der Waals surface area contributed by atoms with Crippen molar-refractivity contribution in [1.82, 2.24) is 5.43 Å². The number of halogens is 2. The van der Waals surface area contributed by atoms with Crippen molar-refractivity contribution < 1.29 is 4.39 Å². The van der Waals surface area contributed by atoms with Crippen molar-refractivity contribution in [3.63, 3.8) is 0 Å². The lowest BCUT2D eigenvalue weighted by Gasteiger charge is -2.18. The number of hydrazine groups is 1. The van der Waals surface area contributed by atoms with Crippen LogP contribution in [0.25, 0.3) is 0 Å². The van der Waals surface area contributed by atoms with Crippen molar-refractivity contribution in [2.45, 2.75) is 32.7 Å². The van der Waals surface area contributed by atoms with Gasteiger partial charge in [-0.15, -0.1) is 0 Å². The van der Waals surface area contributed by atoms with Crippen LogP contribution in [0.4, 0.5) is 4.39 Å². The second-order valence-electron chi connectivity index (χ2n) is 5.51. The second-order valence-corrected chi connectivity index (χ2v) is 5.95. The Morgan fingerprint density at radius 1 is 1.59 bits per heavy atom. The van der Waals surface area contributed by atoms with Gasteiger partial charge in [0.1, 0.15) is 5.82 Å². The summed E-state index contributed by atoms with van der Waals surface area (Å²) in [5, 5.41) is 0.562. The molecule has 0 bridgehead atoms. The van der Waals surface area contributed by atoms with E-state index in [4.69, 9.17) is 17.4 Å². The van der Waals surface area contributed by atoms with Gasteiger partial charge in [0.2, 0.25) is 0 Å². The highest BCUT2D eigenvalue weighted by molar-refractivity contribution is 6.30. The van der Waals surface area contributed by atoms with Crippen LogP contribution >= 0.6 is 11.6 Å². The minimum absolute atomic E-state index is 0.109. The van der Waals surface area contributed by atoms with Gasteiger partial charge >= 0.3 is 0 Å². The van der Waals surface area contributed by atoms with Crippen molar-refractivity contribution in [2.75, 3.05) is 0 Å². The molecule has 1 fully saturated rings. The first-order valence-corrected chi connectivity index (χ1v) is 6.22. The van der Waals surface area contributed by atoms with Crippen LogP contribution in [0.5, 0.6) is 0 Å². The summed E-state index contributed by atoms with van der Waals surface area (Å²) in [6.45, 7) is 4.41. The predicted molar refractivity (Wildman–Crippen MR) is 68.1 cm³/mol. The van der Waals surface area contributed by atoms with Crippen molar-refractivity contribution in [3.8, 4) is 0 Å². The summed E-state index contributed by atoms with van der Waals surface area (Å²) in [4.78, 5) is 0. The molecule has 0 heterocycles. The zero-order chi connectivity index (χ0) is 12.6. The van der Waals surface area contributed by atoms with Gasteiger partial charge in [0.15, 0.2) is 0 Å². The summed E-state index contributed by atoms with van der Waals surface area (Å²) < 4.78 is 13.6. The Balaban J connectivity index is 2.11. The molecule has 17 heavy (non-hydrogen) atoms. The molecule has 2 unspecified atom stereocenters. The quantitative estimate of drug-likeness (QED) is 0.642. The molecule has 1 aromatic carbocycles. The monoisotopic (exact) mass is 256 g/mol. The average molecular weight is 257 g/mol. The Bertz CT molecular complexity index is 420. The largest absolute Gasteiger partial charge is 0.271 e. The fourth-order valence-corrected chi connectivity index (χ4v) is 2.64. The number of benzene rings is 1. The summed E-state index contributed by atoms with van der Waals surface area (Å²) in [7, 11) is 0. The Hall–Kier alpha value is -0.640. The van der Waals surface area contributed by atoms with E-state index in [1.54, 1.807) is 12.1 Å². The summed E-state index contributed by atoms with van der Waals surface area (Å²) >= 11 is 5.88. The summed E-state index contributed by atoms with van der Waals surface area (Å²) in [5.74, 6) is 5.86. The van der Waals surface area contributed by atoms with Crippen LogP contribution in [0, 0.1) is 17.2 Å². The SMILES string of the molecule is CC1(C)CC1C(Cc1cc(Cl)ccc1F)NN. The van der Waals surface area contributed by atoms with E-state index in [9.17, 15) is 4.39 Å². The summed E-state index contributed by atoms with van der Waals surface area (Å²) in [6, 6.07) is 4.75. The smallest absolute Gasteiger partial charge is 0.126 e. The highest BCUT2D eigenvalue weighted by Crippen LogP contribution is 2.53. The van der Waals surface area contributed by atoms with Gasteiger partial charge in [-0.25, -0.2) is 4.39 Å². The number of hydrogen-bond acceptors (Lipinski definition) is 2. The van der Waals surface area contributed by atoms with E-state index in [1.165, 1.54) is 6.07 Å². The molecule has 3 N–H and O–H groups in total. The van der Waals surface area contributed by atoms with Gasteiger partial charge in [0, 0.05) is 11.1 Å². The molecular formula is C13H18ClFN2. The molecule has 0 aliphatic heterocycles. The Labute approximate surface area is 106 Å². The van der Waals surface area contributed by atoms with E-state index in [-0.39, 0.29) is 11.9 Å².